The van der Waals surface area contributed by atoms with E-state index in [9.17, 15) is 9.90 Å². The molecule has 0 amide bonds. The van der Waals surface area contributed by atoms with Crippen LogP contribution >= 0.6 is 0 Å². The van der Waals surface area contributed by atoms with E-state index in [1.165, 1.54) is 0 Å². The zero-order chi connectivity index (χ0) is 16.1. The molecule has 1 saturated heterocycles. The Kier molecular flexibility index (Phi) is 5.66. The molecule has 2 rings (SSSR count). The second-order valence-electron chi connectivity index (χ2n) is 5.70. The lowest BCUT2D eigenvalue weighted by Crippen LogP contribution is -2.40. The van der Waals surface area contributed by atoms with Gasteiger partial charge in [-0.05, 0) is 31.9 Å². The molecule has 22 heavy (non-hydrogen) atoms. The summed E-state index contributed by atoms with van der Waals surface area (Å²) in [6, 6.07) is 6.01. The van der Waals surface area contributed by atoms with E-state index in [2.05, 4.69) is 11.8 Å². The molecule has 1 aromatic rings. The largest absolute Gasteiger partial charge is 0.497 e. The Hall–Kier alpha value is -1.75. The average Bonchev–Trinajstić information content (AvgIpc) is 2.56. The number of carbonyl (C=O) groups is 1. The van der Waals surface area contributed by atoms with Crippen molar-refractivity contribution in [2.24, 2.45) is 5.92 Å². The Labute approximate surface area is 131 Å². The van der Waals surface area contributed by atoms with Crippen LogP contribution in [-0.4, -0.2) is 43.3 Å². The molecule has 2 atom stereocenters. The summed E-state index contributed by atoms with van der Waals surface area (Å²) in [5.74, 6) is 0.592. The number of hydrogen-bond donors (Lipinski definition) is 1. The topological polar surface area (TPSA) is 59.0 Å². The van der Waals surface area contributed by atoms with E-state index in [1.807, 2.05) is 18.2 Å². The number of nitrogens with zero attached hydrogens (tertiary/aromatic N) is 1. The Morgan fingerprint density at radius 3 is 2.77 bits per heavy atom. The number of carboxylic acids is 1. The molecular weight excluding hydrogens is 282 g/mol. The van der Waals surface area contributed by atoms with Crippen LogP contribution in [0.4, 0.5) is 0 Å². The molecule has 1 aromatic carbocycles. The number of aliphatic carboxylic acids is 1. The highest BCUT2D eigenvalue weighted by Crippen LogP contribution is 2.36. The van der Waals surface area contributed by atoms with Gasteiger partial charge >= 0.3 is 5.97 Å². The lowest BCUT2D eigenvalue weighted by Gasteiger charge is -2.37. The van der Waals surface area contributed by atoms with Crippen molar-refractivity contribution < 1.29 is 19.4 Å². The van der Waals surface area contributed by atoms with Gasteiger partial charge < -0.3 is 14.6 Å². The third-order valence-electron chi connectivity index (χ3n) is 4.43. The molecule has 0 saturated carbocycles. The van der Waals surface area contributed by atoms with Crippen LogP contribution < -0.4 is 9.47 Å². The fourth-order valence-corrected chi connectivity index (χ4v) is 3.26. The molecule has 2 unspecified atom stereocenters. The molecule has 0 aliphatic carbocycles. The van der Waals surface area contributed by atoms with Gasteiger partial charge in [-0.2, -0.15) is 0 Å². The van der Waals surface area contributed by atoms with Crippen LogP contribution in [0.3, 0.4) is 0 Å². The number of rotatable bonds is 6. The lowest BCUT2D eigenvalue weighted by atomic mass is 9.93. The normalized spacial score (nSPS) is 20.4. The van der Waals surface area contributed by atoms with Crippen molar-refractivity contribution in [1.82, 2.24) is 4.90 Å². The first-order valence-corrected chi connectivity index (χ1v) is 7.79. The highest BCUT2D eigenvalue weighted by Gasteiger charge is 2.30. The second kappa shape index (κ2) is 7.49. The summed E-state index contributed by atoms with van der Waals surface area (Å²) in [4.78, 5) is 13.6. The Morgan fingerprint density at radius 1 is 1.41 bits per heavy atom. The number of ether oxygens (including phenoxy) is 2. The van der Waals surface area contributed by atoms with E-state index in [1.54, 1.807) is 14.2 Å². The fraction of sp³-hybridized carbons (Fsp3) is 0.588. The van der Waals surface area contributed by atoms with Crippen molar-refractivity contribution in [1.29, 1.82) is 0 Å². The lowest BCUT2D eigenvalue weighted by molar-refractivity contribution is -0.144. The molecule has 5 nitrogen and oxygen atoms in total. The summed E-state index contributed by atoms with van der Waals surface area (Å²) in [5.41, 5.74) is 1.09. The van der Waals surface area contributed by atoms with E-state index in [0.717, 1.165) is 42.9 Å². The van der Waals surface area contributed by atoms with Gasteiger partial charge in [-0.25, -0.2) is 0 Å². The predicted octanol–water partition coefficient (Wildman–Crippen LogP) is 2.95. The first-order valence-electron chi connectivity index (χ1n) is 7.79. The summed E-state index contributed by atoms with van der Waals surface area (Å²) in [5, 5.41) is 9.28. The van der Waals surface area contributed by atoms with Crippen LogP contribution in [0.15, 0.2) is 18.2 Å². The molecule has 1 aliphatic heterocycles. The van der Waals surface area contributed by atoms with Crippen LogP contribution in [0.1, 0.15) is 37.8 Å². The Balaban J connectivity index is 2.25. The standard InChI is InChI=1S/C17H25NO4/c1-4-15(18-9-5-6-12(11-18)17(19)20)14-8-7-13(21-2)10-16(14)22-3/h7-8,10,12,15H,4-6,9,11H2,1-3H3,(H,19,20). The molecule has 0 radical (unpaired) electrons. The van der Waals surface area contributed by atoms with Crippen molar-refractivity contribution in [2.45, 2.75) is 32.2 Å². The molecule has 5 heteroatoms. The third kappa shape index (κ3) is 3.53. The Bertz CT molecular complexity index is 517. The van der Waals surface area contributed by atoms with E-state index in [4.69, 9.17) is 9.47 Å². The van der Waals surface area contributed by atoms with Gasteiger partial charge in [0, 0.05) is 24.2 Å². The van der Waals surface area contributed by atoms with Crippen LogP contribution in [0.5, 0.6) is 11.5 Å². The Morgan fingerprint density at radius 2 is 2.18 bits per heavy atom. The SMILES string of the molecule is CCC(c1ccc(OC)cc1OC)N1CCCC(C(=O)O)C1. The monoisotopic (exact) mass is 307 g/mol. The molecule has 122 valence electrons. The summed E-state index contributed by atoms with van der Waals surface area (Å²) in [7, 11) is 3.29. The van der Waals surface area contributed by atoms with Crippen molar-refractivity contribution in [3.8, 4) is 11.5 Å². The van der Waals surface area contributed by atoms with Crippen LogP contribution in [0.25, 0.3) is 0 Å². The van der Waals surface area contributed by atoms with E-state index in [-0.39, 0.29) is 12.0 Å². The maximum atomic E-state index is 11.3. The molecule has 1 aliphatic rings. The van der Waals surface area contributed by atoms with Crippen molar-refractivity contribution in [3.05, 3.63) is 23.8 Å². The van der Waals surface area contributed by atoms with Gasteiger partial charge in [-0.1, -0.05) is 13.0 Å². The number of benzene rings is 1. The summed E-state index contributed by atoms with van der Waals surface area (Å²) in [6.07, 6.45) is 2.60. The molecule has 0 aromatic heterocycles. The smallest absolute Gasteiger partial charge is 0.307 e. The van der Waals surface area contributed by atoms with Crippen molar-refractivity contribution >= 4 is 5.97 Å². The average molecular weight is 307 g/mol. The molecular formula is C17H25NO4. The van der Waals surface area contributed by atoms with Gasteiger partial charge in [-0.3, -0.25) is 9.69 Å². The minimum atomic E-state index is -0.693. The highest BCUT2D eigenvalue weighted by atomic mass is 16.5. The molecule has 0 spiro atoms. The van der Waals surface area contributed by atoms with Crippen LogP contribution in [0, 0.1) is 5.92 Å². The van der Waals surface area contributed by atoms with Gasteiger partial charge in [0.2, 0.25) is 0 Å². The zero-order valence-electron chi connectivity index (χ0n) is 13.5. The third-order valence-corrected chi connectivity index (χ3v) is 4.43. The quantitative estimate of drug-likeness (QED) is 0.875. The van der Waals surface area contributed by atoms with Crippen molar-refractivity contribution in [2.75, 3.05) is 27.3 Å². The molecule has 1 N–H and O–H groups in total. The minimum absolute atomic E-state index is 0.169. The second-order valence-corrected chi connectivity index (χ2v) is 5.70. The fourth-order valence-electron chi connectivity index (χ4n) is 3.26. The van der Waals surface area contributed by atoms with E-state index in [0.29, 0.717) is 6.54 Å². The first kappa shape index (κ1) is 16.6. The molecule has 0 bridgehead atoms. The zero-order valence-corrected chi connectivity index (χ0v) is 13.5. The first-order chi connectivity index (χ1) is 10.6. The number of methoxy groups -OCH3 is 2. The number of carboxylic acid groups (broad SMARTS) is 1. The number of hydrogen-bond acceptors (Lipinski definition) is 4. The maximum absolute atomic E-state index is 11.3. The number of likely N-dealkylation sites (tertiary alicyclic amines) is 1. The summed E-state index contributed by atoms with van der Waals surface area (Å²) in [6.45, 7) is 3.65. The van der Waals surface area contributed by atoms with Gasteiger partial charge in [0.1, 0.15) is 11.5 Å². The molecule has 1 heterocycles. The predicted molar refractivity (Wildman–Crippen MR) is 84.5 cm³/mol. The van der Waals surface area contributed by atoms with Crippen LogP contribution in [0.2, 0.25) is 0 Å². The molecule has 1 fully saturated rings. The highest BCUT2D eigenvalue weighted by molar-refractivity contribution is 5.70. The number of piperidine rings is 1. The van der Waals surface area contributed by atoms with Crippen molar-refractivity contribution in [3.63, 3.8) is 0 Å². The van der Waals surface area contributed by atoms with E-state index >= 15 is 0 Å². The van der Waals surface area contributed by atoms with Gasteiger partial charge in [0.25, 0.3) is 0 Å². The van der Waals surface area contributed by atoms with Gasteiger partial charge in [0.05, 0.1) is 20.1 Å². The van der Waals surface area contributed by atoms with Crippen LogP contribution in [-0.2, 0) is 4.79 Å². The maximum Gasteiger partial charge on any atom is 0.307 e. The van der Waals surface area contributed by atoms with Gasteiger partial charge in [-0.15, -0.1) is 0 Å². The minimum Gasteiger partial charge on any atom is -0.497 e. The summed E-state index contributed by atoms with van der Waals surface area (Å²) < 4.78 is 10.8. The van der Waals surface area contributed by atoms with Gasteiger partial charge in [0.15, 0.2) is 0 Å². The summed E-state index contributed by atoms with van der Waals surface area (Å²) >= 11 is 0. The van der Waals surface area contributed by atoms with E-state index < -0.39 is 5.97 Å².